The molecule has 0 saturated heterocycles. The fourth-order valence-corrected chi connectivity index (χ4v) is 5.38. The summed E-state index contributed by atoms with van der Waals surface area (Å²) in [5.74, 6) is 2.41. The summed E-state index contributed by atoms with van der Waals surface area (Å²) in [6.45, 7) is 4.11. The van der Waals surface area contributed by atoms with Crippen LogP contribution in [0.3, 0.4) is 0 Å². The Morgan fingerprint density at radius 1 is 0.930 bits per heavy atom. The van der Waals surface area contributed by atoms with E-state index in [1.807, 2.05) is 91.1 Å². The molecule has 0 atom stereocenters. The minimum Gasteiger partial charge on any atom is -0.493 e. The molecular formula is C33H27N5O4S. The summed E-state index contributed by atoms with van der Waals surface area (Å²) < 4.78 is 20.1. The van der Waals surface area contributed by atoms with E-state index in [-0.39, 0.29) is 5.56 Å². The zero-order valence-electron chi connectivity index (χ0n) is 23.5. The minimum absolute atomic E-state index is 0.249. The summed E-state index contributed by atoms with van der Waals surface area (Å²) in [6.07, 6.45) is 9.10. The van der Waals surface area contributed by atoms with E-state index in [4.69, 9.17) is 19.3 Å². The number of hydrogen-bond donors (Lipinski definition) is 0. The van der Waals surface area contributed by atoms with Crippen molar-refractivity contribution >= 4 is 34.5 Å². The number of nitrogens with zero attached hydrogens (tertiary/aromatic N) is 5. The molecule has 43 heavy (non-hydrogen) atoms. The van der Waals surface area contributed by atoms with Crippen LogP contribution in [0.4, 0.5) is 0 Å². The highest BCUT2D eigenvalue weighted by Gasteiger charge is 2.16. The quantitative estimate of drug-likeness (QED) is 0.200. The van der Waals surface area contributed by atoms with Gasteiger partial charge < -0.3 is 14.2 Å². The molecule has 0 radical (unpaired) electrons. The van der Waals surface area contributed by atoms with Crippen molar-refractivity contribution in [1.29, 1.82) is 0 Å². The Labute approximate surface area is 251 Å². The number of ether oxygens (including phenoxy) is 3. The first kappa shape index (κ1) is 27.7. The van der Waals surface area contributed by atoms with Gasteiger partial charge in [-0.15, -0.1) is 5.10 Å². The first-order valence-corrected chi connectivity index (χ1v) is 14.2. The fourth-order valence-electron chi connectivity index (χ4n) is 4.48. The van der Waals surface area contributed by atoms with E-state index in [0.717, 1.165) is 28.1 Å². The third-order valence-corrected chi connectivity index (χ3v) is 7.54. The van der Waals surface area contributed by atoms with E-state index < -0.39 is 0 Å². The fraction of sp³-hybridized carbons (Fsp3) is 0.0909. The first-order chi connectivity index (χ1) is 21.1. The van der Waals surface area contributed by atoms with Crippen molar-refractivity contribution < 1.29 is 14.2 Å². The standard InChI is InChI=1S/C33H27N5O4S/c1-4-18-42-26-14-10-22(11-15-26)12-17-30-34-33-38(35-30)32(39)29(43-33)20-24-21-37(25-8-6-5-7-9-25)36-31(24)23-13-16-27(40-2)28(19-23)41-3/h4-17,19-21H,1,18H2,2-3H3/b17-12+,29-20-. The highest BCUT2D eigenvalue weighted by molar-refractivity contribution is 7.15. The molecule has 214 valence electrons. The molecule has 9 nitrogen and oxygen atoms in total. The summed E-state index contributed by atoms with van der Waals surface area (Å²) in [7, 11) is 3.19. The van der Waals surface area contributed by atoms with Gasteiger partial charge in [-0.25, -0.2) is 4.68 Å². The van der Waals surface area contributed by atoms with Gasteiger partial charge in [-0.3, -0.25) is 4.79 Å². The number of benzene rings is 3. The van der Waals surface area contributed by atoms with Gasteiger partial charge in [0.25, 0.3) is 5.56 Å². The zero-order chi connectivity index (χ0) is 29.8. The Hall–Kier alpha value is -5.48. The number of thiazole rings is 1. The van der Waals surface area contributed by atoms with Crippen molar-refractivity contribution in [3.05, 3.63) is 123 Å². The summed E-state index contributed by atoms with van der Waals surface area (Å²) in [5.41, 5.74) is 3.87. The Kier molecular flexibility index (Phi) is 7.84. The highest BCUT2D eigenvalue weighted by Crippen LogP contribution is 2.33. The molecule has 0 saturated carbocycles. The number of fused-ring (bicyclic) bond motifs is 1. The topological polar surface area (TPSA) is 92.8 Å². The molecule has 0 aliphatic carbocycles. The van der Waals surface area contributed by atoms with Crippen LogP contribution in [-0.4, -0.2) is 45.2 Å². The van der Waals surface area contributed by atoms with Crippen molar-refractivity contribution in [2.45, 2.75) is 0 Å². The van der Waals surface area contributed by atoms with Gasteiger partial charge in [-0.2, -0.15) is 14.6 Å². The maximum absolute atomic E-state index is 13.4. The van der Waals surface area contributed by atoms with Crippen LogP contribution in [0, 0.1) is 0 Å². The number of hydrogen-bond acceptors (Lipinski definition) is 8. The van der Waals surface area contributed by atoms with Crippen LogP contribution in [0.25, 0.3) is 40.1 Å². The first-order valence-electron chi connectivity index (χ1n) is 13.4. The van der Waals surface area contributed by atoms with Crippen LogP contribution in [0.15, 0.2) is 96.4 Å². The minimum atomic E-state index is -0.249. The largest absolute Gasteiger partial charge is 0.493 e. The van der Waals surface area contributed by atoms with Crippen LogP contribution in [0.5, 0.6) is 17.2 Å². The lowest BCUT2D eigenvalue weighted by Gasteiger charge is -2.09. The maximum atomic E-state index is 13.4. The average Bonchev–Trinajstić information content (AvgIpc) is 3.74. The van der Waals surface area contributed by atoms with Gasteiger partial charge in [0, 0.05) is 17.3 Å². The van der Waals surface area contributed by atoms with Gasteiger partial charge in [0.2, 0.25) is 4.96 Å². The summed E-state index contributed by atoms with van der Waals surface area (Å²) >= 11 is 1.27. The number of para-hydroxylation sites is 1. The Morgan fingerprint density at radius 3 is 2.44 bits per heavy atom. The second kappa shape index (κ2) is 12.2. The second-order valence-corrected chi connectivity index (χ2v) is 10.4. The average molecular weight is 590 g/mol. The lowest BCUT2D eigenvalue weighted by Crippen LogP contribution is -2.23. The van der Waals surface area contributed by atoms with Crippen LogP contribution >= 0.6 is 11.3 Å². The molecule has 0 N–H and O–H groups in total. The zero-order valence-corrected chi connectivity index (χ0v) is 24.3. The molecule has 3 aromatic heterocycles. The molecule has 6 aromatic rings. The van der Waals surface area contributed by atoms with E-state index in [1.54, 1.807) is 31.1 Å². The molecule has 0 fully saturated rings. The second-order valence-electron chi connectivity index (χ2n) is 9.37. The number of rotatable bonds is 10. The van der Waals surface area contributed by atoms with Crippen LogP contribution in [0.1, 0.15) is 17.0 Å². The van der Waals surface area contributed by atoms with E-state index in [2.05, 4.69) is 16.7 Å². The molecular weight excluding hydrogens is 562 g/mol. The van der Waals surface area contributed by atoms with Crippen molar-refractivity contribution in [2.24, 2.45) is 0 Å². The van der Waals surface area contributed by atoms with Crippen LogP contribution in [0.2, 0.25) is 0 Å². The molecule has 0 bridgehead atoms. The van der Waals surface area contributed by atoms with E-state index in [9.17, 15) is 4.79 Å². The SMILES string of the molecule is C=CCOc1ccc(/C=C/c2nc3s/c(=C\c4cn(-c5ccccc5)nc4-c4ccc(OC)c(OC)c4)c(=O)n3n2)cc1. The lowest BCUT2D eigenvalue weighted by atomic mass is 10.1. The van der Waals surface area contributed by atoms with Crippen molar-refractivity contribution in [3.63, 3.8) is 0 Å². The Balaban J connectivity index is 1.35. The van der Waals surface area contributed by atoms with E-state index in [1.165, 1.54) is 15.9 Å². The maximum Gasteiger partial charge on any atom is 0.291 e. The Morgan fingerprint density at radius 2 is 1.72 bits per heavy atom. The van der Waals surface area contributed by atoms with Crippen molar-refractivity contribution in [3.8, 4) is 34.2 Å². The number of aromatic nitrogens is 5. The van der Waals surface area contributed by atoms with Gasteiger partial charge in [-0.05, 0) is 60.2 Å². The monoisotopic (exact) mass is 589 g/mol. The van der Waals surface area contributed by atoms with Gasteiger partial charge in [0.05, 0.1) is 24.4 Å². The third-order valence-electron chi connectivity index (χ3n) is 6.58. The van der Waals surface area contributed by atoms with Crippen LogP contribution in [-0.2, 0) is 0 Å². The molecule has 0 unspecified atom stereocenters. The highest BCUT2D eigenvalue weighted by atomic mass is 32.1. The number of methoxy groups -OCH3 is 2. The van der Waals surface area contributed by atoms with Gasteiger partial charge in [0.1, 0.15) is 18.1 Å². The molecule has 3 heterocycles. The molecule has 3 aromatic carbocycles. The Bertz CT molecular complexity index is 2040. The predicted molar refractivity (Wildman–Crippen MR) is 169 cm³/mol. The predicted octanol–water partition coefficient (Wildman–Crippen LogP) is 5.30. The smallest absolute Gasteiger partial charge is 0.291 e. The van der Waals surface area contributed by atoms with Gasteiger partial charge >= 0.3 is 0 Å². The molecule has 10 heteroatoms. The van der Waals surface area contributed by atoms with Gasteiger partial charge in [0.15, 0.2) is 17.3 Å². The van der Waals surface area contributed by atoms with Crippen molar-refractivity contribution in [2.75, 3.05) is 20.8 Å². The summed E-state index contributed by atoms with van der Waals surface area (Å²) in [5, 5.41) is 9.30. The molecule has 0 aliphatic heterocycles. The van der Waals surface area contributed by atoms with Crippen LogP contribution < -0.4 is 24.3 Å². The lowest BCUT2D eigenvalue weighted by molar-refractivity contribution is 0.355. The summed E-state index contributed by atoms with van der Waals surface area (Å²) in [6, 6.07) is 23.1. The van der Waals surface area contributed by atoms with Crippen molar-refractivity contribution in [1.82, 2.24) is 24.4 Å². The molecule has 6 rings (SSSR count). The van der Waals surface area contributed by atoms with E-state index in [0.29, 0.717) is 39.1 Å². The molecule has 0 aliphatic rings. The van der Waals surface area contributed by atoms with E-state index >= 15 is 0 Å². The van der Waals surface area contributed by atoms with Gasteiger partial charge in [-0.1, -0.05) is 60.4 Å². The third kappa shape index (κ3) is 5.81. The normalized spacial score (nSPS) is 11.8. The molecule has 0 spiro atoms. The summed E-state index contributed by atoms with van der Waals surface area (Å²) in [4.78, 5) is 18.5. The molecule has 0 amide bonds.